The van der Waals surface area contributed by atoms with E-state index in [0.717, 1.165) is 57.8 Å². The number of carbonyl (C=O) groups excluding carboxylic acids is 2. The van der Waals surface area contributed by atoms with Crippen LogP contribution < -0.4 is 0 Å². The molecule has 0 aliphatic heterocycles. The average Bonchev–Trinajstić information content (AvgIpc) is 3.19. The van der Waals surface area contributed by atoms with Crippen molar-refractivity contribution in [2.45, 2.75) is 135 Å². The first-order chi connectivity index (χ1) is 28.8. The normalized spacial score (nSPS) is 15.7. The Labute approximate surface area is 362 Å². The van der Waals surface area contributed by atoms with Crippen LogP contribution in [0.4, 0.5) is 0 Å². The molecule has 0 aromatic carbocycles. The number of rotatable bonds is 37. The molecule has 0 spiro atoms. The molecule has 0 bridgehead atoms. The highest BCUT2D eigenvalue weighted by atomic mass is 31.2. The Morgan fingerprint density at radius 3 is 1.68 bits per heavy atom. The van der Waals surface area contributed by atoms with Gasteiger partial charge in [0.25, 0.3) is 0 Å². The van der Waals surface area contributed by atoms with Gasteiger partial charge < -0.3 is 29.1 Å². The van der Waals surface area contributed by atoms with Crippen LogP contribution >= 0.6 is 7.82 Å². The summed E-state index contributed by atoms with van der Waals surface area (Å²) in [5.41, 5.74) is 0. The van der Waals surface area contributed by atoms with Crippen molar-refractivity contribution >= 4 is 19.8 Å². The molecule has 12 heteroatoms. The van der Waals surface area contributed by atoms with E-state index in [2.05, 4.69) is 62.5 Å². The van der Waals surface area contributed by atoms with E-state index in [0.29, 0.717) is 43.1 Å². The zero-order valence-electron chi connectivity index (χ0n) is 37.4. The number of aliphatic hydroxyl groups excluding tert-OH is 2. The molecule has 0 rings (SSSR count). The third-order valence-corrected chi connectivity index (χ3v) is 9.48. The number of unbranched alkanes of at least 4 members (excludes halogenated alkanes) is 3. The van der Waals surface area contributed by atoms with Crippen molar-refractivity contribution < 1.29 is 52.3 Å². The molecule has 0 aliphatic rings. The minimum atomic E-state index is -4.45. The first-order valence-corrected chi connectivity index (χ1v) is 23.3. The van der Waals surface area contributed by atoms with Crippen molar-refractivity contribution in [2.24, 2.45) is 0 Å². The third kappa shape index (κ3) is 41.3. The van der Waals surface area contributed by atoms with E-state index in [1.54, 1.807) is 18.2 Å². The fourth-order valence-corrected chi connectivity index (χ4v) is 5.77. The van der Waals surface area contributed by atoms with Gasteiger partial charge in [-0.15, -0.1) is 0 Å². The molecule has 1 unspecified atom stereocenters. The second-order valence-electron chi connectivity index (χ2n) is 15.4. The largest absolute Gasteiger partial charge is 0.472 e. The van der Waals surface area contributed by atoms with Crippen LogP contribution in [-0.2, 0) is 32.7 Å². The number of carbonyl (C=O) groups is 2. The Bertz CT molecular complexity index is 1420. The van der Waals surface area contributed by atoms with E-state index in [1.807, 2.05) is 63.7 Å². The predicted octanol–water partition coefficient (Wildman–Crippen LogP) is 10.3. The van der Waals surface area contributed by atoms with Gasteiger partial charge in [0, 0.05) is 12.8 Å². The molecule has 0 heterocycles. The third-order valence-electron chi connectivity index (χ3n) is 8.50. The smallest absolute Gasteiger partial charge is 0.462 e. The lowest BCUT2D eigenvalue weighted by molar-refractivity contribution is -0.870. The van der Waals surface area contributed by atoms with Gasteiger partial charge in [0.1, 0.15) is 19.8 Å². The molecule has 3 N–H and O–H groups in total. The lowest BCUT2D eigenvalue weighted by atomic mass is 10.1. The maximum absolute atomic E-state index is 12.7. The Kier molecular flexibility index (Phi) is 36.3. The van der Waals surface area contributed by atoms with Crippen LogP contribution in [0.1, 0.15) is 117 Å². The Morgan fingerprint density at radius 2 is 1.13 bits per heavy atom. The number of aliphatic hydroxyl groups is 2. The molecule has 60 heavy (non-hydrogen) atoms. The summed E-state index contributed by atoms with van der Waals surface area (Å²) in [6.45, 7) is 3.84. The fraction of sp³-hybridized carbons (Fsp3) is 0.583. The molecule has 0 saturated carbocycles. The minimum Gasteiger partial charge on any atom is -0.462 e. The van der Waals surface area contributed by atoms with E-state index in [-0.39, 0.29) is 26.1 Å². The molecule has 0 fully saturated rings. The number of allylic oxidation sites excluding steroid dienone is 16. The number of phosphoric ester groups is 1. The maximum atomic E-state index is 12.7. The van der Waals surface area contributed by atoms with Gasteiger partial charge in [0.05, 0.1) is 40.0 Å². The van der Waals surface area contributed by atoms with E-state index in [4.69, 9.17) is 18.5 Å². The molecule has 0 saturated heterocycles. The van der Waals surface area contributed by atoms with Gasteiger partial charge in [0.2, 0.25) is 0 Å². The standard InChI is InChI=1S/C48H78NO10P/c1-6-8-10-11-12-13-14-15-16-17-18-19-20-21-25-28-32-38-48(53)59-46(43-58-60(54,55)57-41-40-49(3,4)5)42-56-47(52)39-33-37-45(51)36-31-27-24-22-23-26-30-35-44(50)34-29-9-7-2/h8,10,12-13,15-16,18-19,21,23-27,30-31,35-36,44-46,50-51H,6-7,9,11,14,17,20,22,28-29,32-34,37-43H2,1-5H3/p+1/b10-8-,13-12-,16-15-,19-18-,25-21-,26-23-,27-24-,35-30+,36-31+/t44-,45-,46+/m0/s1. The lowest BCUT2D eigenvalue weighted by Crippen LogP contribution is -2.37. The van der Waals surface area contributed by atoms with Crippen LogP contribution in [0, 0.1) is 0 Å². The minimum absolute atomic E-state index is 0.0216. The fourth-order valence-electron chi connectivity index (χ4n) is 5.03. The van der Waals surface area contributed by atoms with Crippen molar-refractivity contribution in [1.82, 2.24) is 0 Å². The van der Waals surface area contributed by atoms with Crippen molar-refractivity contribution in [3.05, 3.63) is 109 Å². The molecule has 0 amide bonds. The maximum Gasteiger partial charge on any atom is 0.472 e. The van der Waals surface area contributed by atoms with E-state index in [9.17, 15) is 29.3 Å². The second kappa shape index (κ2) is 38.5. The van der Waals surface area contributed by atoms with Crippen molar-refractivity contribution in [2.75, 3.05) is 47.5 Å². The summed E-state index contributed by atoms with van der Waals surface area (Å²) >= 11 is 0. The Morgan fingerprint density at radius 1 is 0.617 bits per heavy atom. The molecule has 0 aromatic rings. The molecule has 0 aliphatic carbocycles. The molecule has 4 atom stereocenters. The van der Waals surface area contributed by atoms with E-state index in [1.165, 1.54) is 0 Å². The average molecular weight is 861 g/mol. The predicted molar refractivity (Wildman–Crippen MR) is 245 cm³/mol. The van der Waals surface area contributed by atoms with Gasteiger partial charge in [0.15, 0.2) is 6.10 Å². The van der Waals surface area contributed by atoms with Crippen LogP contribution in [0.5, 0.6) is 0 Å². The van der Waals surface area contributed by atoms with Crippen molar-refractivity contribution in [3.8, 4) is 0 Å². The number of likely N-dealkylation sites (N-methyl/N-ethyl adjacent to an activating group) is 1. The van der Waals surface area contributed by atoms with Crippen LogP contribution in [0.15, 0.2) is 109 Å². The Hall–Kier alpha value is -3.41. The number of nitrogens with zero attached hydrogens (tertiary/aromatic N) is 1. The van der Waals surface area contributed by atoms with Crippen LogP contribution in [0.2, 0.25) is 0 Å². The summed E-state index contributed by atoms with van der Waals surface area (Å²) < 4.78 is 34.0. The van der Waals surface area contributed by atoms with E-state index < -0.39 is 44.7 Å². The number of phosphoric acid groups is 1. The van der Waals surface area contributed by atoms with Gasteiger partial charge in [-0.1, -0.05) is 142 Å². The number of hydrogen-bond acceptors (Lipinski definition) is 9. The van der Waals surface area contributed by atoms with Crippen molar-refractivity contribution in [1.29, 1.82) is 0 Å². The number of quaternary nitrogens is 1. The quantitative estimate of drug-likeness (QED) is 0.0138. The number of hydrogen-bond donors (Lipinski definition) is 3. The van der Waals surface area contributed by atoms with Gasteiger partial charge in [-0.3, -0.25) is 18.6 Å². The summed E-state index contributed by atoms with van der Waals surface area (Å²) in [7, 11) is 1.29. The summed E-state index contributed by atoms with van der Waals surface area (Å²) in [5.74, 6) is -1.11. The van der Waals surface area contributed by atoms with Crippen LogP contribution in [0.25, 0.3) is 0 Å². The van der Waals surface area contributed by atoms with Crippen LogP contribution in [0.3, 0.4) is 0 Å². The van der Waals surface area contributed by atoms with Gasteiger partial charge in [-0.25, -0.2) is 4.57 Å². The first kappa shape index (κ1) is 56.6. The highest BCUT2D eigenvalue weighted by Gasteiger charge is 2.27. The lowest BCUT2D eigenvalue weighted by Gasteiger charge is -2.24. The second-order valence-corrected chi connectivity index (χ2v) is 16.8. The zero-order valence-corrected chi connectivity index (χ0v) is 38.3. The highest BCUT2D eigenvalue weighted by molar-refractivity contribution is 7.47. The van der Waals surface area contributed by atoms with Crippen molar-refractivity contribution in [3.63, 3.8) is 0 Å². The molecule has 0 radical (unpaired) electrons. The summed E-state index contributed by atoms with van der Waals surface area (Å²) in [4.78, 5) is 35.4. The van der Waals surface area contributed by atoms with Gasteiger partial charge in [-0.05, 0) is 70.6 Å². The monoisotopic (exact) mass is 861 g/mol. The molecule has 340 valence electrons. The number of esters is 2. The summed E-state index contributed by atoms with van der Waals surface area (Å²) in [6, 6.07) is 0. The summed E-state index contributed by atoms with van der Waals surface area (Å²) in [5, 5.41) is 20.2. The van der Waals surface area contributed by atoms with E-state index >= 15 is 0 Å². The first-order valence-electron chi connectivity index (χ1n) is 21.8. The Balaban J connectivity index is 4.72. The molecule has 11 nitrogen and oxygen atoms in total. The zero-order chi connectivity index (χ0) is 44.6. The highest BCUT2D eigenvalue weighted by Crippen LogP contribution is 2.43. The van der Waals surface area contributed by atoms with Gasteiger partial charge >= 0.3 is 19.8 Å². The number of ether oxygens (including phenoxy) is 2. The van der Waals surface area contributed by atoms with Crippen LogP contribution in [-0.4, -0.2) is 97.3 Å². The van der Waals surface area contributed by atoms with Gasteiger partial charge in [-0.2, -0.15) is 0 Å². The summed E-state index contributed by atoms with van der Waals surface area (Å²) in [6.07, 6.45) is 45.1. The SMILES string of the molecule is CC/C=C\C/C=C\C/C=C\C/C=C\C/C=C\CCCC(=O)O[C@H](COC(=O)CCC[C@@H](O)/C=C/C=C\C/C=C\C=C\[C@@H](O)CCCCC)COP(=O)(O)OCC[N+](C)(C)C. The molecule has 0 aromatic heterocycles. The molecular formula is C48H79NO10P+. The topological polar surface area (TPSA) is 149 Å². The molecular weight excluding hydrogens is 781 g/mol.